The highest BCUT2D eigenvalue weighted by Gasteiger charge is 2.60. The average Bonchev–Trinajstić information content (AvgIpc) is 1.82. The molecule has 0 N–H and O–H groups in total. The molecule has 9 aromatic carbocycles. The maximum Gasteiger partial charge on any atom is 0.253 e. The van der Waals surface area contributed by atoms with Gasteiger partial charge in [0.05, 0.1) is 0 Å². The molecule has 3 aliphatic heterocycles. The second kappa shape index (κ2) is 15.4. The van der Waals surface area contributed by atoms with Gasteiger partial charge < -0.3 is 9.80 Å². The predicted molar refractivity (Wildman–Crippen MR) is 343 cm³/mol. The van der Waals surface area contributed by atoms with Crippen molar-refractivity contribution in [2.24, 2.45) is 0 Å². The largest absolute Gasteiger partial charge is 0.311 e. The first-order valence-electron chi connectivity index (χ1n) is 30.3. The Labute approximate surface area is 482 Å². The Kier molecular flexibility index (Phi) is 9.40. The lowest BCUT2D eigenvalue weighted by Crippen LogP contribution is -2.68. The standard InChI is InChI=1S/C78H75BN2/c1-44-24-16-17-25-48(44)46-39-63-69-64(40-46)81(62-42-58-57(38-45(62)2)72(3,4)36-37-73(58,5)6)61-35-33-50-49-26-18-19-27-51(49)78(15)66(50)70(61)79(69)71-65(43-60-67(68(71)78)77(13,14)55-31-23-22-30-54(55)76(60,11)12)80(63)47-32-34-56-59(41-47)75(9,10)53-29-21-20-28-52(53)74(56,7)8/h16-35,38-43H,36-37H2,1-15H3. The molecule has 7 aliphatic rings. The van der Waals surface area contributed by atoms with E-state index >= 15 is 0 Å². The highest BCUT2D eigenvalue weighted by atomic mass is 15.2. The molecule has 1 atom stereocenters. The van der Waals surface area contributed by atoms with Crippen molar-refractivity contribution < 1.29 is 0 Å². The van der Waals surface area contributed by atoms with Gasteiger partial charge in [-0.15, -0.1) is 0 Å². The molecule has 3 heterocycles. The van der Waals surface area contributed by atoms with E-state index in [0.29, 0.717) is 0 Å². The molecule has 0 amide bonds. The van der Waals surface area contributed by atoms with Crippen molar-refractivity contribution in [3.63, 3.8) is 0 Å². The van der Waals surface area contributed by atoms with E-state index < -0.39 is 5.41 Å². The third-order valence-corrected chi connectivity index (χ3v) is 22.6. The van der Waals surface area contributed by atoms with E-state index in [0.717, 1.165) is 6.42 Å². The van der Waals surface area contributed by atoms with Crippen molar-refractivity contribution in [1.29, 1.82) is 0 Å². The minimum absolute atomic E-state index is 0.0265. The zero-order valence-electron chi connectivity index (χ0n) is 50.4. The average molecular weight is 1050 g/mol. The fraction of sp³-hybridized carbons (Fsp3) is 0.308. The SMILES string of the molecule is Cc1ccccc1-c1cc2c3c(c1)N(c1cc4c(cc1C)C(C)(C)CCC4(C)C)c1ccc4c5c1B3c1c(cc3c(c1C5(C)c1ccccc1-4)C(C)(C)c1ccccc1C3(C)C)N2c1ccc2c(c1)C(C)(C)c1ccccc1C2(C)C. The molecule has 0 bridgehead atoms. The highest BCUT2D eigenvalue weighted by molar-refractivity contribution is 7.01. The van der Waals surface area contributed by atoms with E-state index in [1.807, 2.05) is 0 Å². The van der Waals surface area contributed by atoms with Crippen LogP contribution in [0.4, 0.5) is 34.1 Å². The number of hydrogen-bond acceptors (Lipinski definition) is 2. The first-order valence-corrected chi connectivity index (χ1v) is 30.3. The summed E-state index contributed by atoms with van der Waals surface area (Å²) in [7, 11) is 0. The molecular formula is C78H75BN2. The van der Waals surface area contributed by atoms with Gasteiger partial charge in [0.15, 0.2) is 0 Å². The Hall–Kier alpha value is -7.36. The second-order valence-electron chi connectivity index (χ2n) is 29.3. The number of benzene rings is 9. The zero-order chi connectivity index (χ0) is 56.2. The number of anilines is 6. The zero-order valence-corrected chi connectivity index (χ0v) is 50.4. The molecule has 1 unspecified atom stereocenters. The van der Waals surface area contributed by atoms with E-state index in [4.69, 9.17) is 0 Å². The van der Waals surface area contributed by atoms with Gasteiger partial charge in [0, 0.05) is 61.2 Å². The van der Waals surface area contributed by atoms with Gasteiger partial charge in [-0.05, 0) is 209 Å². The smallest absolute Gasteiger partial charge is 0.253 e. The van der Waals surface area contributed by atoms with Gasteiger partial charge in [0.1, 0.15) is 0 Å². The summed E-state index contributed by atoms with van der Waals surface area (Å²) in [6.45, 7) is 37.2. The molecule has 0 aromatic heterocycles. The maximum absolute atomic E-state index is 2.79. The van der Waals surface area contributed by atoms with Crippen LogP contribution in [0.3, 0.4) is 0 Å². The number of hydrogen-bond donors (Lipinski definition) is 0. The Morgan fingerprint density at radius 2 is 0.815 bits per heavy atom. The van der Waals surface area contributed by atoms with Crippen LogP contribution in [-0.2, 0) is 37.9 Å². The molecule has 81 heavy (non-hydrogen) atoms. The summed E-state index contributed by atoms with van der Waals surface area (Å²) in [6.07, 6.45) is 2.34. The highest BCUT2D eigenvalue weighted by Crippen LogP contribution is 2.64. The molecule has 3 heteroatoms. The molecule has 2 nitrogen and oxygen atoms in total. The Morgan fingerprint density at radius 1 is 0.321 bits per heavy atom. The molecule has 0 saturated heterocycles. The van der Waals surface area contributed by atoms with Crippen molar-refractivity contribution in [2.75, 3.05) is 9.80 Å². The van der Waals surface area contributed by atoms with Gasteiger partial charge in [0.25, 0.3) is 6.71 Å². The van der Waals surface area contributed by atoms with Gasteiger partial charge in [-0.1, -0.05) is 198 Å². The van der Waals surface area contributed by atoms with E-state index in [1.54, 1.807) is 0 Å². The molecule has 16 rings (SSSR count). The Morgan fingerprint density at radius 3 is 1.46 bits per heavy atom. The topological polar surface area (TPSA) is 6.48 Å². The fourth-order valence-electron chi connectivity index (χ4n) is 18.2. The lowest BCUT2D eigenvalue weighted by Gasteiger charge is -2.55. The lowest BCUT2D eigenvalue weighted by atomic mass is 9.27. The predicted octanol–water partition coefficient (Wildman–Crippen LogP) is 18.0. The molecule has 0 fully saturated rings. The molecule has 0 spiro atoms. The third-order valence-electron chi connectivity index (χ3n) is 22.6. The van der Waals surface area contributed by atoms with Crippen LogP contribution < -0.4 is 26.2 Å². The first kappa shape index (κ1) is 49.5. The number of aryl methyl sites for hydroxylation is 2. The minimum Gasteiger partial charge on any atom is -0.311 e. The van der Waals surface area contributed by atoms with Gasteiger partial charge in [0.2, 0.25) is 0 Å². The molecule has 400 valence electrons. The molecule has 0 saturated carbocycles. The Bertz CT molecular complexity index is 4360. The maximum atomic E-state index is 2.79. The normalized spacial score (nSPS) is 20.8. The summed E-state index contributed by atoms with van der Waals surface area (Å²) in [4.78, 5) is 5.56. The third kappa shape index (κ3) is 5.91. The minimum atomic E-state index is -0.473. The number of fused-ring (bicyclic) bond motifs is 10. The first-order chi connectivity index (χ1) is 38.4. The summed E-state index contributed by atoms with van der Waals surface area (Å²) in [5.74, 6) is 0. The van der Waals surface area contributed by atoms with Crippen LogP contribution in [0.25, 0.3) is 22.3 Å². The lowest BCUT2D eigenvalue weighted by molar-refractivity contribution is 0.332. The van der Waals surface area contributed by atoms with Crippen LogP contribution in [0.5, 0.6) is 0 Å². The molecule has 0 radical (unpaired) electrons. The van der Waals surface area contributed by atoms with Crippen molar-refractivity contribution in [3.8, 4) is 22.3 Å². The van der Waals surface area contributed by atoms with Crippen molar-refractivity contribution in [3.05, 3.63) is 241 Å². The Balaban J connectivity index is 1.11. The summed E-state index contributed by atoms with van der Waals surface area (Å²) < 4.78 is 0. The van der Waals surface area contributed by atoms with Crippen LogP contribution >= 0.6 is 0 Å². The molecular weight excluding hydrogens is 976 g/mol. The van der Waals surface area contributed by atoms with Gasteiger partial charge in [-0.3, -0.25) is 0 Å². The number of rotatable bonds is 3. The van der Waals surface area contributed by atoms with Crippen molar-refractivity contribution >= 4 is 57.2 Å². The van der Waals surface area contributed by atoms with Crippen LogP contribution in [-0.4, -0.2) is 6.71 Å². The summed E-state index contributed by atoms with van der Waals surface area (Å²) in [6, 6.07) is 63.2. The van der Waals surface area contributed by atoms with E-state index in [-0.39, 0.29) is 39.2 Å². The summed E-state index contributed by atoms with van der Waals surface area (Å²) in [5, 5.41) is 0. The molecule has 9 aromatic rings. The van der Waals surface area contributed by atoms with E-state index in [1.165, 1.54) is 163 Å². The monoisotopic (exact) mass is 1050 g/mol. The number of nitrogens with zero attached hydrogens (tertiary/aromatic N) is 2. The van der Waals surface area contributed by atoms with Gasteiger partial charge >= 0.3 is 0 Å². The van der Waals surface area contributed by atoms with Crippen molar-refractivity contribution in [2.45, 2.75) is 155 Å². The fourth-order valence-corrected chi connectivity index (χ4v) is 18.2. The van der Waals surface area contributed by atoms with Crippen LogP contribution in [0.15, 0.2) is 158 Å². The quantitative estimate of drug-likeness (QED) is 0.163. The van der Waals surface area contributed by atoms with Gasteiger partial charge in [-0.25, -0.2) is 0 Å². The van der Waals surface area contributed by atoms with Gasteiger partial charge in [-0.2, -0.15) is 0 Å². The molecule has 4 aliphatic carbocycles. The van der Waals surface area contributed by atoms with E-state index in [2.05, 4.69) is 271 Å². The van der Waals surface area contributed by atoms with Crippen LogP contribution in [0.2, 0.25) is 0 Å². The summed E-state index contributed by atoms with van der Waals surface area (Å²) in [5.41, 5.74) is 37.5. The van der Waals surface area contributed by atoms with E-state index in [9.17, 15) is 0 Å². The summed E-state index contributed by atoms with van der Waals surface area (Å²) >= 11 is 0. The van der Waals surface area contributed by atoms with Crippen LogP contribution in [0.1, 0.15) is 186 Å². The van der Waals surface area contributed by atoms with Crippen LogP contribution in [0, 0.1) is 13.8 Å². The second-order valence-corrected chi connectivity index (χ2v) is 29.3. The van der Waals surface area contributed by atoms with Crippen molar-refractivity contribution in [1.82, 2.24) is 0 Å².